The molecule has 0 aliphatic carbocycles. The second kappa shape index (κ2) is 40.8. The molecule has 4 amide bonds. The van der Waals surface area contributed by atoms with E-state index >= 15 is 0 Å². The number of rotatable bonds is 28. The number of hydrogen-bond donors (Lipinski definition) is 8. The van der Waals surface area contributed by atoms with E-state index < -0.39 is 63.7 Å². The minimum atomic E-state index is -3.69. The molecule has 640 valence electrons. The molecule has 121 heavy (non-hydrogen) atoms. The second-order valence-electron chi connectivity index (χ2n) is 28.9. The third kappa shape index (κ3) is 25.9. The maximum absolute atomic E-state index is 12.6. The van der Waals surface area contributed by atoms with E-state index in [9.17, 15) is 52.8 Å². The van der Waals surface area contributed by atoms with E-state index in [2.05, 4.69) is 51.8 Å². The summed E-state index contributed by atoms with van der Waals surface area (Å²) in [6, 6.07) is 46.9. The number of amides is 4. The number of H-pyrrole nitrogens is 4. The predicted octanol–water partition coefficient (Wildman–Crippen LogP) is 19.3. The van der Waals surface area contributed by atoms with Gasteiger partial charge in [0.15, 0.2) is 0 Å². The number of carbonyl (C=O) groups is 4. The molecule has 0 saturated carbocycles. The minimum absolute atomic E-state index is 0.205. The average Bonchev–Trinajstić information content (AvgIpc) is 1.60. The fraction of sp³-hybridized carbons (Fsp3) is 0.256. The van der Waals surface area contributed by atoms with E-state index in [1.165, 1.54) is 0 Å². The molecule has 0 unspecified atom stereocenters. The number of aromatic amines is 4. The van der Waals surface area contributed by atoms with Crippen LogP contribution >= 0.6 is 89.9 Å². The van der Waals surface area contributed by atoms with Gasteiger partial charge in [-0.25, -0.2) is 52.6 Å². The number of carbonyl (C=O) groups excluding carboxylic acids is 4. The first-order valence-corrected chi connectivity index (χ1v) is 48.6. The number of halogens is 7. The third-order valence-corrected chi connectivity index (χ3v) is 24.5. The largest absolute Gasteiger partial charge is 0.494 e. The summed E-state index contributed by atoms with van der Waals surface area (Å²) in [4.78, 5) is 62.2. The molecule has 0 saturated heterocycles. The summed E-state index contributed by atoms with van der Waals surface area (Å²) in [5.74, 6) is 0.257. The van der Waals surface area contributed by atoms with Crippen LogP contribution in [0.25, 0.3) is 54.4 Å². The standard InChI is InChI=1S/C23H21ClN2O4S.2C21H22BrClN2O4S.C21H22Cl2N2O4S/c1-31(28,29)26-23(27)22-18(19-14-16(24)11-12-20(19)25-22)9-5-13-30-21-10-4-7-15-6-2-3-8-17(15)21;1-12-10-14(11-13(2)19(12)23)29-9-5-6-15-18-16(22)7-4-8-17(18)24-20(15)21(26)25-30(3,27)28;1-12-9-15(10-13(2)19(12)23)29-8-4-5-17-16-7-6-14(22)11-18(16)24-20(17)21(26)25-30(3,27)28;1-12-9-15(10-13(2)19(12)23)29-8-4-5-16-17-11-14(22)6-7-18(17)24-20(16)21(26)25-30(3,27)28/h2-4,6-8,10-12,14,25H,5,9,13H2,1H3,(H,26,27);4,7-8,10-11,24H,5-6,9H2,1-3H3,(H,25,26);2*6-7,9-11,24H,4-5,8H2,1-3H3,(H,25,26). The van der Waals surface area contributed by atoms with Crippen molar-refractivity contribution in [3.63, 3.8) is 0 Å². The molecule has 0 spiro atoms. The smallest absolute Gasteiger partial charge is 0.281 e. The maximum atomic E-state index is 12.6. The van der Waals surface area contributed by atoms with Crippen molar-refractivity contribution in [1.29, 1.82) is 0 Å². The summed E-state index contributed by atoms with van der Waals surface area (Å²) < 4.78 is 125. The Morgan fingerprint density at radius 3 is 1.09 bits per heavy atom. The van der Waals surface area contributed by atoms with Crippen molar-refractivity contribution < 1.29 is 71.8 Å². The molecule has 0 bridgehead atoms. The Morgan fingerprint density at radius 1 is 0.347 bits per heavy atom. The number of aromatic nitrogens is 4. The lowest BCUT2D eigenvalue weighted by Gasteiger charge is -2.10. The monoisotopic (exact) mass is 1950 g/mol. The zero-order valence-electron chi connectivity index (χ0n) is 67.2. The molecule has 9 aromatic carbocycles. The molecule has 0 aliphatic heterocycles. The van der Waals surface area contributed by atoms with Gasteiger partial charge >= 0.3 is 0 Å². The van der Waals surface area contributed by atoms with E-state index in [4.69, 9.17) is 77.0 Å². The Morgan fingerprint density at radius 2 is 0.686 bits per heavy atom. The van der Waals surface area contributed by atoms with Gasteiger partial charge in [-0.1, -0.05) is 138 Å². The van der Waals surface area contributed by atoms with Gasteiger partial charge in [0.25, 0.3) is 23.6 Å². The van der Waals surface area contributed by atoms with E-state index in [1.54, 1.807) is 36.4 Å². The number of hydrogen-bond acceptors (Lipinski definition) is 16. The van der Waals surface area contributed by atoms with Crippen LogP contribution in [0.1, 0.15) is 123 Å². The molecular formula is C86H87Br2Cl5N8O16S4. The van der Waals surface area contributed by atoms with Gasteiger partial charge in [0.1, 0.15) is 45.8 Å². The van der Waals surface area contributed by atoms with Crippen LogP contribution in [0, 0.1) is 41.5 Å². The third-order valence-electron chi connectivity index (χ3n) is 18.8. The van der Waals surface area contributed by atoms with E-state index in [0.29, 0.717) is 110 Å². The van der Waals surface area contributed by atoms with Gasteiger partial charge in [-0.15, -0.1) is 0 Å². The quantitative estimate of drug-likeness (QED) is 0.0211. The molecule has 4 heterocycles. The molecule has 8 N–H and O–H groups in total. The van der Waals surface area contributed by atoms with E-state index in [0.717, 1.165) is 160 Å². The van der Waals surface area contributed by atoms with Crippen molar-refractivity contribution in [1.82, 2.24) is 38.8 Å². The number of ether oxygens (including phenoxy) is 4. The van der Waals surface area contributed by atoms with Crippen LogP contribution in [0.4, 0.5) is 0 Å². The predicted molar refractivity (Wildman–Crippen MR) is 490 cm³/mol. The van der Waals surface area contributed by atoms with Crippen LogP contribution in [0.15, 0.2) is 161 Å². The van der Waals surface area contributed by atoms with Crippen molar-refractivity contribution in [2.45, 2.75) is 92.9 Å². The molecule has 13 aromatic rings. The topological polar surface area (TPSA) is 353 Å². The minimum Gasteiger partial charge on any atom is -0.494 e. The Kier molecular flexibility index (Phi) is 31.7. The Balaban J connectivity index is 0.000000169. The van der Waals surface area contributed by atoms with Gasteiger partial charge in [-0.2, -0.15) is 0 Å². The van der Waals surface area contributed by atoms with Gasteiger partial charge < -0.3 is 38.9 Å². The van der Waals surface area contributed by atoms with Gasteiger partial charge in [-0.3, -0.25) is 19.2 Å². The molecular weight excluding hydrogens is 1870 g/mol. The molecule has 0 atom stereocenters. The second-order valence-corrected chi connectivity index (χ2v) is 39.6. The van der Waals surface area contributed by atoms with Crippen LogP contribution in [-0.4, -0.2) is 129 Å². The van der Waals surface area contributed by atoms with Gasteiger partial charge in [0.2, 0.25) is 40.1 Å². The molecule has 0 radical (unpaired) electrons. The summed E-state index contributed by atoms with van der Waals surface area (Å²) >= 11 is 37.8. The maximum Gasteiger partial charge on any atom is 0.281 e. The van der Waals surface area contributed by atoms with Gasteiger partial charge in [0, 0.05) is 83.1 Å². The van der Waals surface area contributed by atoms with Crippen molar-refractivity contribution in [2.75, 3.05) is 51.5 Å². The fourth-order valence-corrected chi connectivity index (χ4v) is 17.1. The lowest BCUT2D eigenvalue weighted by Crippen LogP contribution is -2.30. The number of sulfonamides is 4. The average molecular weight is 1950 g/mol. The first-order valence-electron chi connectivity index (χ1n) is 37.6. The summed E-state index contributed by atoms with van der Waals surface area (Å²) in [5, 5.41) is 8.68. The zero-order chi connectivity index (χ0) is 88.2. The van der Waals surface area contributed by atoms with Crippen molar-refractivity contribution in [2.24, 2.45) is 0 Å². The van der Waals surface area contributed by atoms with Gasteiger partial charge in [0.05, 0.1) is 51.5 Å². The number of fused-ring (bicyclic) bond motifs is 5. The summed E-state index contributed by atoms with van der Waals surface area (Å²) in [6.07, 6.45) is 8.38. The van der Waals surface area contributed by atoms with Crippen LogP contribution in [0.3, 0.4) is 0 Å². The highest BCUT2D eigenvalue weighted by Gasteiger charge is 2.26. The summed E-state index contributed by atoms with van der Waals surface area (Å²) in [5.41, 5.74) is 12.4. The molecule has 13 rings (SSSR count). The highest BCUT2D eigenvalue weighted by molar-refractivity contribution is 9.11. The molecule has 35 heteroatoms. The highest BCUT2D eigenvalue weighted by atomic mass is 79.9. The van der Waals surface area contributed by atoms with Crippen LogP contribution in [0.2, 0.25) is 25.1 Å². The van der Waals surface area contributed by atoms with E-state index in [1.807, 2.05) is 176 Å². The van der Waals surface area contributed by atoms with Crippen LogP contribution in [-0.2, 0) is 65.8 Å². The molecule has 0 aliphatic rings. The number of nitrogens with one attached hydrogen (secondary N) is 8. The normalized spacial score (nSPS) is 11.6. The van der Waals surface area contributed by atoms with Crippen LogP contribution in [0.5, 0.6) is 23.0 Å². The Hall–Kier alpha value is -9.31. The summed E-state index contributed by atoms with van der Waals surface area (Å²) in [6.45, 7) is 13.3. The van der Waals surface area contributed by atoms with E-state index in [-0.39, 0.29) is 22.8 Å². The zero-order valence-corrected chi connectivity index (χ0v) is 77.4. The van der Waals surface area contributed by atoms with Crippen molar-refractivity contribution in [3.8, 4) is 23.0 Å². The Labute approximate surface area is 743 Å². The Bertz CT molecular complexity index is 6500. The number of benzene rings is 9. The first-order chi connectivity index (χ1) is 57.0. The first kappa shape index (κ1) is 93.9. The van der Waals surface area contributed by atoms with Crippen molar-refractivity contribution in [3.05, 3.63) is 264 Å². The molecule has 0 fully saturated rings. The van der Waals surface area contributed by atoms with Crippen LogP contribution < -0.4 is 37.8 Å². The molecule has 4 aromatic heterocycles. The molecule has 24 nitrogen and oxygen atoms in total. The van der Waals surface area contributed by atoms with Crippen molar-refractivity contribution >= 4 is 208 Å². The lowest BCUT2D eigenvalue weighted by atomic mass is 10.1. The number of aryl methyl sites for hydroxylation is 10. The SMILES string of the molecule is CS(=O)(=O)NC(=O)c1[nH]c2ccc(Cl)cc2c1CCCOc1cccc2ccccc12.Cc1cc(OCCCc2c(C(=O)NS(C)(=O)=O)[nH]c3cc(Br)ccc23)cc(C)c1Cl.Cc1cc(OCCCc2c(C(=O)NS(C)(=O)=O)[nH]c3ccc(Cl)cc23)cc(C)c1Cl.Cc1cc(OCCCc2c(C(=O)NS(C)(=O)=O)[nH]c3cccc(Br)c23)cc(C)c1Cl. The van der Waals surface area contributed by atoms with Gasteiger partial charge in [-0.05, 0) is 257 Å². The highest BCUT2D eigenvalue weighted by Crippen LogP contribution is 2.36. The fourth-order valence-electron chi connectivity index (χ4n) is 13.7. The lowest BCUT2D eigenvalue weighted by molar-refractivity contribution is 0.0967. The summed E-state index contributed by atoms with van der Waals surface area (Å²) in [7, 11) is -14.7.